The van der Waals surface area contributed by atoms with Gasteiger partial charge in [0.05, 0.1) is 0 Å². The number of alkyl halides is 3. The fourth-order valence-electron chi connectivity index (χ4n) is 1.07. The van der Waals surface area contributed by atoms with Gasteiger partial charge < -0.3 is 10.8 Å². The second-order valence-corrected chi connectivity index (χ2v) is 3.98. The van der Waals surface area contributed by atoms with Crippen molar-refractivity contribution in [3.8, 4) is 5.75 Å². The van der Waals surface area contributed by atoms with Crippen LogP contribution in [0.25, 0.3) is 0 Å². The highest BCUT2D eigenvalue weighted by molar-refractivity contribution is 9.10. The third-order valence-corrected chi connectivity index (χ3v) is 2.66. The van der Waals surface area contributed by atoms with Crippen LogP contribution in [0, 0.1) is 0 Å². The van der Waals surface area contributed by atoms with Crippen LogP contribution in [-0.2, 0) is 6.42 Å². The van der Waals surface area contributed by atoms with Crippen LogP contribution in [0.5, 0.6) is 5.75 Å². The molecular formula is C9H9BrF3NO. The maximum atomic E-state index is 12.2. The molecule has 1 aromatic carbocycles. The summed E-state index contributed by atoms with van der Waals surface area (Å²) in [5, 5.41) is 9.11. The first kappa shape index (κ1) is 12.3. The third-order valence-electron chi connectivity index (χ3n) is 1.89. The standard InChI is InChI=1S/C9H9BrF3NO/c10-7-2-1-6(15)3-5(7)4-8(14)9(11,12)13/h1-3,8,15H,4,14H2. The maximum Gasteiger partial charge on any atom is 0.403 e. The zero-order valence-corrected chi connectivity index (χ0v) is 9.14. The highest BCUT2D eigenvalue weighted by atomic mass is 79.9. The summed E-state index contributed by atoms with van der Waals surface area (Å²) in [5.41, 5.74) is 5.31. The molecule has 15 heavy (non-hydrogen) atoms. The average molecular weight is 284 g/mol. The van der Waals surface area contributed by atoms with Crippen molar-refractivity contribution in [2.24, 2.45) is 5.73 Å². The van der Waals surface area contributed by atoms with Gasteiger partial charge in [-0.15, -0.1) is 0 Å². The monoisotopic (exact) mass is 283 g/mol. The predicted octanol–water partition coefficient (Wildman–Crippen LogP) is 2.59. The van der Waals surface area contributed by atoms with Crippen LogP contribution in [0.2, 0.25) is 0 Å². The van der Waals surface area contributed by atoms with E-state index in [4.69, 9.17) is 10.8 Å². The molecule has 1 aromatic rings. The molecule has 0 radical (unpaired) electrons. The minimum atomic E-state index is -4.43. The molecule has 0 amide bonds. The third kappa shape index (κ3) is 3.39. The minimum absolute atomic E-state index is 0.0809. The molecule has 1 rings (SSSR count). The van der Waals surface area contributed by atoms with Gasteiger partial charge >= 0.3 is 6.18 Å². The number of halogens is 4. The van der Waals surface area contributed by atoms with Gasteiger partial charge in [0, 0.05) is 4.47 Å². The number of phenolic OH excluding ortho intramolecular Hbond substituents is 1. The van der Waals surface area contributed by atoms with Crippen LogP contribution in [0.4, 0.5) is 13.2 Å². The lowest BCUT2D eigenvalue weighted by atomic mass is 10.1. The Hall–Kier alpha value is -0.750. The second kappa shape index (κ2) is 4.40. The Bertz CT molecular complexity index is 354. The predicted molar refractivity (Wildman–Crippen MR) is 53.5 cm³/mol. The van der Waals surface area contributed by atoms with Gasteiger partial charge in [-0.05, 0) is 30.2 Å². The van der Waals surface area contributed by atoms with Gasteiger partial charge in [-0.2, -0.15) is 13.2 Å². The van der Waals surface area contributed by atoms with Gasteiger partial charge in [0.25, 0.3) is 0 Å². The van der Waals surface area contributed by atoms with Crippen molar-refractivity contribution in [2.45, 2.75) is 18.6 Å². The molecule has 2 nitrogen and oxygen atoms in total. The highest BCUT2D eigenvalue weighted by Gasteiger charge is 2.36. The van der Waals surface area contributed by atoms with Gasteiger partial charge in [-0.3, -0.25) is 0 Å². The molecule has 0 aromatic heterocycles. The summed E-state index contributed by atoms with van der Waals surface area (Å²) in [5.74, 6) is -0.0809. The Kier molecular flexibility index (Phi) is 3.62. The van der Waals surface area contributed by atoms with Crippen LogP contribution >= 0.6 is 15.9 Å². The van der Waals surface area contributed by atoms with E-state index in [0.717, 1.165) is 0 Å². The molecule has 0 saturated heterocycles. The van der Waals surface area contributed by atoms with Crippen molar-refractivity contribution in [2.75, 3.05) is 0 Å². The van der Waals surface area contributed by atoms with E-state index in [9.17, 15) is 13.2 Å². The SMILES string of the molecule is NC(Cc1cc(O)ccc1Br)C(F)(F)F. The number of aromatic hydroxyl groups is 1. The Morgan fingerprint density at radius 3 is 2.53 bits per heavy atom. The minimum Gasteiger partial charge on any atom is -0.508 e. The topological polar surface area (TPSA) is 46.2 Å². The molecule has 6 heteroatoms. The molecular weight excluding hydrogens is 275 g/mol. The number of rotatable bonds is 2. The van der Waals surface area contributed by atoms with E-state index < -0.39 is 12.2 Å². The van der Waals surface area contributed by atoms with Crippen molar-refractivity contribution in [3.05, 3.63) is 28.2 Å². The summed E-state index contributed by atoms with van der Waals surface area (Å²) >= 11 is 3.09. The van der Waals surface area contributed by atoms with Crippen molar-refractivity contribution >= 4 is 15.9 Å². The van der Waals surface area contributed by atoms with E-state index in [1.165, 1.54) is 18.2 Å². The number of phenols is 1. The smallest absolute Gasteiger partial charge is 0.403 e. The lowest BCUT2D eigenvalue weighted by Crippen LogP contribution is -2.39. The zero-order valence-electron chi connectivity index (χ0n) is 7.55. The summed E-state index contributed by atoms with van der Waals surface area (Å²) in [6, 6.07) is 2.20. The van der Waals surface area contributed by atoms with E-state index in [2.05, 4.69) is 15.9 Å². The second-order valence-electron chi connectivity index (χ2n) is 3.13. The molecule has 1 unspecified atom stereocenters. The van der Waals surface area contributed by atoms with E-state index in [0.29, 0.717) is 10.0 Å². The van der Waals surface area contributed by atoms with Crippen LogP contribution in [0.1, 0.15) is 5.56 Å². The Morgan fingerprint density at radius 1 is 1.40 bits per heavy atom. The molecule has 0 fully saturated rings. The zero-order chi connectivity index (χ0) is 11.6. The molecule has 0 saturated carbocycles. The molecule has 1 atom stereocenters. The summed E-state index contributed by atoms with van der Waals surface area (Å²) in [4.78, 5) is 0. The molecule has 0 heterocycles. The first-order valence-electron chi connectivity index (χ1n) is 4.10. The van der Waals surface area contributed by atoms with Gasteiger partial charge in [-0.1, -0.05) is 15.9 Å². The summed E-state index contributed by atoms with van der Waals surface area (Å²) in [6.45, 7) is 0. The number of benzene rings is 1. The number of hydrogen-bond donors (Lipinski definition) is 2. The Labute approximate surface area is 93.0 Å². The molecule has 0 aliphatic carbocycles. The van der Waals surface area contributed by atoms with Gasteiger partial charge in [-0.25, -0.2) is 0 Å². The number of hydrogen-bond acceptors (Lipinski definition) is 2. The molecule has 0 aliphatic heterocycles. The van der Waals surface area contributed by atoms with Crippen LogP contribution in [0.3, 0.4) is 0 Å². The first-order valence-corrected chi connectivity index (χ1v) is 4.89. The summed E-state index contributed by atoms with van der Waals surface area (Å²) < 4.78 is 37.0. The van der Waals surface area contributed by atoms with E-state index in [-0.39, 0.29) is 12.2 Å². The van der Waals surface area contributed by atoms with Crippen LogP contribution in [0.15, 0.2) is 22.7 Å². The fraction of sp³-hybridized carbons (Fsp3) is 0.333. The van der Waals surface area contributed by atoms with Gasteiger partial charge in [0.2, 0.25) is 0 Å². The normalized spacial score (nSPS) is 13.9. The molecule has 0 aliphatic rings. The Balaban J connectivity index is 2.85. The van der Waals surface area contributed by atoms with Crippen molar-refractivity contribution in [1.29, 1.82) is 0 Å². The lowest BCUT2D eigenvalue weighted by molar-refractivity contribution is -0.147. The van der Waals surface area contributed by atoms with E-state index >= 15 is 0 Å². The van der Waals surface area contributed by atoms with Crippen molar-refractivity contribution < 1.29 is 18.3 Å². The molecule has 0 bridgehead atoms. The van der Waals surface area contributed by atoms with Gasteiger partial charge in [0.1, 0.15) is 11.8 Å². The molecule has 3 N–H and O–H groups in total. The van der Waals surface area contributed by atoms with E-state index in [1.54, 1.807) is 0 Å². The van der Waals surface area contributed by atoms with Crippen molar-refractivity contribution in [1.82, 2.24) is 0 Å². The average Bonchev–Trinajstić information content (AvgIpc) is 2.09. The highest BCUT2D eigenvalue weighted by Crippen LogP contribution is 2.27. The first-order chi connectivity index (χ1) is 6.80. The van der Waals surface area contributed by atoms with Crippen LogP contribution in [-0.4, -0.2) is 17.3 Å². The lowest BCUT2D eigenvalue weighted by Gasteiger charge is -2.16. The van der Waals surface area contributed by atoms with Gasteiger partial charge in [0.15, 0.2) is 0 Å². The van der Waals surface area contributed by atoms with Crippen molar-refractivity contribution in [3.63, 3.8) is 0 Å². The summed E-state index contributed by atoms with van der Waals surface area (Å²) in [7, 11) is 0. The summed E-state index contributed by atoms with van der Waals surface area (Å²) in [6.07, 6.45) is -4.79. The number of nitrogens with two attached hydrogens (primary N) is 1. The largest absolute Gasteiger partial charge is 0.508 e. The van der Waals surface area contributed by atoms with E-state index in [1.807, 2.05) is 0 Å². The quantitative estimate of drug-likeness (QED) is 0.876. The maximum absolute atomic E-state index is 12.2. The fourth-order valence-corrected chi connectivity index (χ4v) is 1.48. The molecule has 0 spiro atoms. The van der Waals surface area contributed by atoms with Crippen LogP contribution < -0.4 is 5.73 Å². The Morgan fingerprint density at radius 2 is 2.00 bits per heavy atom. The molecule has 84 valence electrons.